The van der Waals surface area contributed by atoms with E-state index in [1.54, 1.807) is 0 Å². The zero-order valence-corrected chi connectivity index (χ0v) is 21.5. The van der Waals surface area contributed by atoms with Gasteiger partial charge in [0.1, 0.15) is 6.29 Å². The predicted octanol–water partition coefficient (Wildman–Crippen LogP) is 1.28. The standard InChI is InChI=1S/C25H45N5O3S/c31-24(20-17-28-25-26-11-14-30(25)18-20)27-16-19-7-9-22(10-8-19)34(32,33)23-6-4-5-21(15-23)29-12-2-1-3-13-29/h19-23,25-26,28H,1-18H2,(H,27,31). The first-order valence-electron chi connectivity index (χ1n) is 14.0. The minimum Gasteiger partial charge on any atom is -0.356 e. The predicted molar refractivity (Wildman–Crippen MR) is 134 cm³/mol. The third-order valence-electron chi connectivity index (χ3n) is 9.28. The van der Waals surface area contributed by atoms with Crippen LogP contribution >= 0.6 is 0 Å². The average molecular weight is 496 g/mol. The van der Waals surface area contributed by atoms with E-state index in [-0.39, 0.29) is 28.6 Å². The van der Waals surface area contributed by atoms with Crippen LogP contribution in [0.4, 0.5) is 0 Å². The van der Waals surface area contributed by atoms with Crippen molar-refractivity contribution >= 4 is 15.7 Å². The molecule has 0 bridgehead atoms. The lowest BCUT2D eigenvalue weighted by Crippen LogP contribution is -2.59. The summed E-state index contributed by atoms with van der Waals surface area (Å²) >= 11 is 0. The van der Waals surface area contributed by atoms with Gasteiger partial charge in [0.2, 0.25) is 5.91 Å². The molecule has 8 nitrogen and oxygen atoms in total. The van der Waals surface area contributed by atoms with E-state index in [1.807, 2.05) is 0 Å². The maximum absolute atomic E-state index is 13.5. The minimum absolute atomic E-state index is 0.00739. The van der Waals surface area contributed by atoms with Crippen molar-refractivity contribution in [1.29, 1.82) is 0 Å². The molecule has 4 unspecified atom stereocenters. The number of hydrogen-bond acceptors (Lipinski definition) is 7. The largest absolute Gasteiger partial charge is 0.356 e. The Labute approximate surface area is 205 Å². The second-order valence-corrected chi connectivity index (χ2v) is 14.0. The van der Waals surface area contributed by atoms with Gasteiger partial charge >= 0.3 is 0 Å². The van der Waals surface area contributed by atoms with Crippen LogP contribution in [-0.2, 0) is 14.6 Å². The summed E-state index contributed by atoms with van der Waals surface area (Å²) in [5, 5.41) is 9.67. The molecule has 2 saturated carbocycles. The maximum Gasteiger partial charge on any atom is 0.225 e. The summed E-state index contributed by atoms with van der Waals surface area (Å²) in [6, 6.07) is 0.473. The second-order valence-electron chi connectivity index (χ2n) is 11.5. The minimum atomic E-state index is -3.07. The number of nitrogens with one attached hydrogen (secondary N) is 3. The topological polar surface area (TPSA) is 93.8 Å². The summed E-state index contributed by atoms with van der Waals surface area (Å²) < 4.78 is 27.1. The van der Waals surface area contributed by atoms with Crippen LogP contribution in [0, 0.1) is 11.8 Å². The van der Waals surface area contributed by atoms with Crippen molar-refractivity contribution in [2.24, 2.45) is 11.8 Å². The normalized spacial score (nSPS) is 38.4. The van der Waals surface area contributed by atoms with Gasteiger partial charge in [0, 0.05) is 38.8 Å². The van der Waals surface area contributed by atoms with Gasteiger partial charge in [-0.2, -0.15) is 0 Å². The molecule has 3 saturated heterocycles. The molecule has 0 aromatic carbocycles. The quantitative estimate of drug-likeness (QED) is 0.511. The summed E-state index contributed by atoms with van der Waals surface area (Å²) in [6.45, 7) is 6.47. The summed E-state index contributed by atoms with van der Waals surface area (Å²) in [6.07, 6.45) is 11.3. The molecule has 5 rings (SSSR count). The molecule has 0 aromatic rings. The van der Waals surface area contributed by atoms with Crippen LogP contribution in [-0.4, -0.2) is 92.8 Å². The van der Waals surface area contributed by atoms with Gasteiger partial charge in [0.05, 0.1) is 16.4 Å². The van der Waals surface area contributed by atoms with Crippen molar-refractivity contribution < 1.29 is 13.2 Å². The lowest BCUT2D eigenvalue weighted by molar-refractivity contribution is -0.127. The number of hydrogen-bond donors (Lipinski definition) is 3. The van der Waals surface area contributed by atoms with E-state index in [0.717, 1.165) is 77.7 Å². The smallest absolute Gasteiger partial charge is 0.225 e. The SMILES string of the molecule is O=C(NCC1CCC(S(=O)(=O)C2CCCC(N3CCCCC3)C2)CC1)C1CNC2NCCN2C1. The third kappa shape index (κ3) is 5.64. The Bertz CT molecular complexity index is 794. The maximum atomic E-state index is 13.5. The number of carbonyl (C=O) groups excluding carboxylic acids is 1. The Morgan fingerprint density at radius 1 is 0.853 bits per heavy atom. The molecule has 3 aliphatic heterocycles. The fourth-order valence-corrected chi connectivity index (χ4v) is 9.60. The van der Waals surface area contributed by atoms with Crippen LogP contribution in [0.3, 0.4) is 0 Å². The molecular weight excluding hydrogens is 450 g/mol. The number of amides is 1. The molecule has 9 heteroatoms. The highest BCUT2D eigenvalue weighted by atomic mass is 32.2. The van der Waals surface area contributed by atoms with Gasteiger partial charge in [-0.05, 0) is 76.8 Å². The first-order chi connectivity index (χ1) is 16.5. The van der Waals surface area contributed by atoms with Crippen LogP contribution < -0.4 is 16.0 Å². The lowest BCUT2D eigenvalue weighted by atomic mass is 9.88. The van der Waals surface area contributed by atoms with E-state index in [4.69, 9.17) is 0 Å². The summed E-state index contributed by atoms with van der Waals surface area (Å²) in [5.41, 5.74) is 0. The second kappa shape index (κ2) is 11.1. The van der Waals surface area contributed by atoms with Crippen molar-refractivity contribution in [3.63, 3.8) is 0 Å². The Morgan fingerprint density at radius 2 is 1.65 bits per heavy atom. The van der Waals surface area contributed by atoms with Gasteiger partial charge in [0.25, 0.3) is 0 Å². The Hall–Kier alpha value is -0.740. The van der Waals surface area contributed by atoms with Gasteiger partial charge < -0.3 is 10.2 Å². The number of sulfone groups is 1. The molecule has 0 radical (unpaired) electrons. The van der Waals surface area contributed by atoms with Gasteiger partial charge in [-0.15, -0.1) is 0 Å². The Kier molecular flexibility index (Phi) is 8.15. The number of carbonyl (C=O) groups is 1. The summed E-state index contributed by atoms with van der Waals surface area (Å²) in [5.74, 6) is 0.533. The lowest BCUT2D eigenvalue weighted by Gasteiger charge is -2.40. The molecule has 3 heterocycles. The highest BCUT2D eigenvalue weighted by Crippen LogP contribution is 2.36. The van der Waals surface area contributed by atoms with Crippen LogP contribution in [0.1, 0.15) is 70.6 Å². The zero-order chi connectivity index (χ0) is 23.5. The molecule has 0 aromatic heterocycles. The molecule has 1 amide bonds. The Morgan fingerprint density at radius 3 is 2.44 bits per heavy atom. The van der Waals surface area contributed by atoms with Crippen molar-refractivity contribution in [1.82, 2.24) is 25.8 Å². The average Bonchev–Trinajstić information content (AvgIpc) is 3.36. The van der Waals surface area contributed by atoms with Gasteiger partial charge in [-0.3, -0.25) is 20.3 Å². The first kappa shape index (κ1) is 24.9. The highest BCUT2D eigenvalue weighted by Gasteiger charge is 2.40. The fourth-order valence-electron chi connectivity index (χ4n) is 7.14. The van der Waals surface area contributed by atoms with Gasteiger partial charge in [-0.25, -0.2) is 8.42 Å². The van der Waals surface area contributed by atoms with E-state index >= 15 is 0 Å². The molecule has 2 aliphatic carbocycles. The summed E-state index contributed by atoms with van der Waals surface area (Å²) in [7, 11) is -3.07. The molecule has 5 fully saturated rings. The van der Waals surface area contributed by atoms with Crippen molar-refractivity contribution in [3.05, 3.63) is 0 Å². The van der Waals surface area contributed by atoms with Crippen LogP contribution in [0.2, 0.25) is 0 Å². The van der Waals surface area contributed by atoms with E-state index < -0.39 is 9.84 Å². The Balaban J connectivity index is 1.06. The zero-order valence-electron chi connectivity index (χ0n) is 20.7. The molecule has 4 atom stereocenters. The summed E-state index contributed by atoms with van der Waals surface area (Å²) in [4.78, 5) is 17.6. The van der Waals surface area contributed by atoms with E-state index in [1.165, 1.54) is 25.7 Å². The third-order valence-corrected chi connectivity index (χ3v) is 12.0. The van der Waals surface area contributed by atoms with Crippen molar-refractivity contribution in [3.8, 4) is 0 Å². The fraction of sp³-hybridized carbons (Fsp3) is 0.960. The molecular formula is C25H45N5O3S. The molecule has 0 spiro atoms. The van der Waals surface area contributed by atoms with E-state index in [9.17, 15) is 13.2 Å². The van der Waals surface area contributed by atoms with Crippen molar-refractivity contribution in [2.45, 2.75) is 93.5 Å². The van der Waals surface area contributed by atoms with E-state index in [0.29, 0.717) is 25.0 Å². The monoisotopic (exact) mass is 495 g/mol. The number of fused-ring (bicyclic) bond motifs is 1. The van der Waals surface area contributed by atoms with Gasteiger partial charge in [-0.1, -0.05) is 12.8 Å². The first-order valence-corrected chi connectivity index (χ1v) is 15.6. The number of piperidine rings is 1. The molecule has 194 valence electrons. The molecule has 5 aliphatic rings. The van der Waals surface area contributed by atoms with E-state index in [2.05, 4.69) is 25.8 Å². The van der Waals surface area contributed by atoms with Gasteiger partial charge in [0.15, 0.2) is 9.84 Å². The van der Waals surface area contributed by atoms with Crippen molar-refractivity contribution in [2.75, 3.05) is 45.8 Å². The van der Waals surface area contributed by atoms with Crippen LogP contribution in [0.5, 0.6) is 0 Å². The van der Waals surface area contributed by atoms with Crippen LogP contribution in [0.15, 0.2) is 0 Å². The van der Waals surface area contributed by atoms with Crippen LogP contribution in [0.25, 0.3) is 0 Å². The number of rotatable bonds is 6. The highest BCUT2D eigenvalue weighted by molar-refractivity contribution is 7.92. The number of likely N-dealkylation sites (tertiary alicyclic amines) is 1. The number of nitrogens with zero attached hydrogens (tertiary/aromatic N) is 2. The molecule has 3 N–H and O–H groups in total. The molecule has 34 heavy (non-hydrogen) atoms.